The Labute approximate surface area is 84.0 Å². The van der Waals surface area contributed by atoms with E-state index in [1.165, 1.54) is 6.07 Å². The van der Waals surface area contributed by atoms with Gasteiger partial charge in [-0.1, -0.05) is 12.1 Å². The van der Waals surface area contributed by atoms with Crippen molar-refractivity contribution in [1.82, 2.24) is 0 Å². The largest absolute Gasteiger partial charge is 0.507 e. The highest BCUT2D eigenvalue weighted by molar-refractivity contribution is 5.43. The molecule has 84 valence electrons. The summed E-state index contributed by atoms with van der Waals surface area (Å²) in [5, 5.41) is 18.5. The van der Waals surface area contributed by atoms with E-state index in [1.807, 2.05) is 0 Å². The average molecular weight is 221 g/mol. The highest BCUT2D eigenvalue weighted by Gasteiger charge is 2.35. The Kier molecular flexibility index (Phi) is 3.21. The molecule has 0 radical (unpaired) electrons. The van der Waals surface area contributed by atoms with E-state index in [0.717, 1.165) is 12.1 Å². The van der Waals surface area contributed by atoms with Gasteiger partial charge < -0.3 is 15.9 Å². The molecule has 6 heteroatoms. The van der Waals surface area contributed by atoms with Crippen molar-refractivity contribution in [3.05, 3.63) is 29.3 Å². The molecule has 0 aliphatic carbocycles. The van der Waals surface area contributed by atoms with Gasteiger partial charge in [-0.15, -0.1) is 0 Å². The molecule has 15 heavy (non-hydrogen) atoms. The van der Waals surface area contributed by atoms with Crippen LogP contribution in [0.1, 0.15) is 17.2 Å². The van der Waals surface area contributed by atoms with Gasteiger partial charge in [-0.3, -0.25) is 0 Å². The monoisotopic (exact) mass is 221 g/mol. The average Bonchev–Trinajstić information content (AvgIpc) is 2.15. The van der Waals surface area contributed by atoms with Crippen LogP contribution in [0, 0.1) is 0 Å². The number of aromatic hydroxyl groups is 1. The maximum absolute atomic E-state index is 12.3. The molecular weight excluding hydrogens is 211 g/mol. The number of halogens is 3. The van der Waals surface area contributed by atoms with Crippen LogP contribution in [0.3, 0.4) is 0 Å². The first-order valence-electron chi connectivity index (χ1n) is 4.15. The topological polar surface area (TPSA) is 66.5 Å². The predicted molar refractivity (Wildman–Crippen MR) is 47.1 cm³/mol. The zero-order valence-electron chi connectivity index (χ0n) is 7.62. The molecule has 0 fully saturated rings. The number of phenolic OH excluding ortho intramolecular Hbond substituents is 1. The third-order valence-electron chi connectivity index (χ3n) is 1.95. The molecule has 0 aromatic heterocycles. The van der Waals surface area contributed by atoms with Crippen LogP contribution in [-0.4, -0.2) is 16.8 Å². The molecule has 0 saturated heterocycles. The number of hydrogen-bond acceptors (Lipinski definition) is 3. The lowest BCUT2D eigenvalue weighted by Gasteiger charge is -2.14. The van der Waals surface area contributed by atoms with Crippen molar-refractivity contribution in [2.24, 2.45) is 5.73 Å². The lowest BCUT2D eigenvalue weighted by molar-refractivity contribution is -0.138. The number of hydrogen-bond donors (Lipinski definition) is 3. The fourth-order valence-corrected chi connectivity index (χ4v) is 1.19. The first kappa shape index (κ1) is 11.8. The summed E-state index contributed by atoms with van der Waals surface area (Å²) in [6, 6.07) is 3.04. The SMILES string of the molecule is NCC(O)c1cccc(C(F)(F)F)c1O. The molecular formula is C9H10F3NO2. The van der Waals surface area contributed by atoms with Gasteiger partial charge in [-0.05, 0) is 6.07 Å². The van der Waals surface area contributed by atoms with Crippen LogP contribution in [0.25, 0.3) is 0 Å². The Morgan fingerprint density at radius 2 is 1.93 bits per heavy atom. The molecule has 0 bridgehead atoms. The molecule has 1 unspecified atom stereocenters. The Morgan fingerprint density at radius 3 is 2.40 bits per heavy atom. The van der Waals surface area contributed by atoms with E-state index in [1.54, 1.807) is 0 Å². The number of alkyl halides is 3. The van der Waals surface area contributed by atoms with Crippen LogP contribution in [0.4, 0.5) is 13.2 Å². The van der Waals surface area contributed by atoms with E-state index in [0.29, 0.717) is 0 Å². The van der Waals surface area contributed by atoms with Crippen molar-refractivity contribution in [3.8, 4) is 5.75 Å². The van der Waals surface area contributed by atoms with E-state index in [4.69, 9.17) is 5.73 Å². The van der Waals surface area contributed by atoms with Gasteiger partial charge in [-0.2, -0.15) is 13.2 Å². The second kappa shape index (κ2) is 4.08. The van der Waals surface area contributed by atoms with Gasteiger partial charge in [0.1, 0.15) is 5.75 Å². The van der Waals surface area contributed by atoms with Crippen molar-refractivity contribution in [1.29, 1.82) is 0 Å². The van der Waals surface area contributed by atoms with Crippen LogP contribution in [0.15, 0.2) is 18.2 Å². The molecule has 1 aromatic rings. The third-order valence-corrected chi connectivity index (χ3v) is 1.95. The Bertz CT molecular complexity index is 352. The third kappa shape index (κ3) is 2.40. The minimum Gasteiger partial charge on any atom is -0.507 e. The molecule has 0 aliphatic heterocycles. The summed E-state index contributed by atoms with van der Waals surface area (Å²) in [6.07, 6.45) is -5.94. The quantitative estimate of drug-likeness (QED) is 0.707. The lowest BCUT2D eigenvalue weighted by Crippen LogP contribution is -2.13. The van der Waals surface area contributed by atoms with E-state index >= 15 is 0 Å². The molecule has 0 aliphatic rings. The van der Waals surface area contributed by atoms with Crippen LogP contribution >= 0.6 is 0 Å². The number of nitrogens with two attached hydrogens (primary N) is 1. The van der Waals surface area contributed by atoms with Gasteiger partial charge in [0.15, 0.2) is 0 Å². The smallest absolute Gasteiger partial charge is 0.419 e. The Morgan fingerprint density at radius 1 is 1.33 bits per heavy atom. The van der Waals surface area contributed by atoms with Crippen LogP contribution in [0.2, 0.25) is 0 Å². The highest BCUT2D eigenvalue weighted by atomic mass is 19.4. The second-order valence-corrected chi connectivity index (χ2v) is 2.99. The summed E-state index contributed by atoms with van der Waals surface area (Å²) in [7, 11) is 0. The minimum absolute atomic E-state index is 0.215. The maximum atomic E-state index is 12.3. The van der Waals surface area contributed by atoms with E-state index in [-0.39, 0.29) is 12.1 Å². The molecule has 0 saturated carbocycles. The number of benzene rings is 1. The van der Waals surface area contributed by atoms with Gasteiger partial charge in [0, 0.05) is 12.1 Å². The van der Waals surface area contributed by atoms with Crippen LogP contribution in [-0.2, 0) is 6.18 Å². The van der Waals surface area contributed by atoms with Crippen molar-refractivity contribution in [3.63, 3.8) is 0 Å². The zero-order chi connectivity index (χ0) is 11.6. The van der Waals surface area contributed by atoms with E-state index in [9.17, 15) is 23.4 Å². The van der Waals surface area contributed by atoms with Gasteiger partial charge in [0.05, 0.1) is 11.7 Å². The summed E-state index contributed by atoms with van der Waals surface area (Å²) in [6.45, 7) is -0.255. The fourth-order valence-electron chi connectivity index (χ4n) is 1.19. The Balaban J connectivity index is 3.23. The molecule has 1 atom stereocenters. The first-order valence-corrected chi connectivity index (χ1v) is 4.15. The standard InChI is InChI=1S/C9H10F3NO2/c10-9(11,12)6-3-1-2-5(8(6)15)7(14)4-13/h1-3,7,14-15H,4,13H2. The van der Waals surface area contributed by atoms with Crippen molar-refractivity contribution in [2.45, 2.75) is 12.3 Å². The number of para-hydroxylation sites is 1. The Hall–Kier alpha value is -1.27. The molecule has 0 amide bonds. The summed E-state index contributed by atoms with van der Waals surface area (Å²) in [4.78, 5) is 0. The minimum atomic E-state index is -4.64. The fraction of sp³-hybridized carbons (Fsp3) is 0.333. The van der Waals surface area contributed by atoms with Gasteiger partial charge in [0.25, 0.3) is 0 Å². The molecule has 4 N–H and O–H groups in total. The number of aliphatic hydroxyl groups is 1. The van der Waals surface area contributed by atoms with E-state index < -0.39 is 23.6 Å². The van der Waals surface area contributed by atoms with Crippen molar-refractivity contribution >= 4 is 0 Å². The predicted octanol–water partition coefficient (Wildman–Crippen LogP) is 1.40. The van der Waals surface area contributed by atoms with Crippen LogP contribution in [0.5, 0.6) is 5.75 Å². The highest BCUT2D eigenvalue weighted by Crippen LogP contribution is 2.38. The molecule has 1 aromatic carbocycles. The normalized spacial score (nSPS) is 13.9. The van der Waals surface area contributed by atoms with E-state index in [2.05, 4.69) is 0 Å². The summed E-state index contributed by atoms with van der Waals surface area (Å²) >= 11 is 0. The maximum Gasteiger partial charge on any atom is 0.419 e. The van der Waals surface area contributed by atoms with Gasteiger partial charge in [0.2, 0.25) is 0 Å². The molecule has 0 heterocycles. The summed E-state index contributed by atoms with van der Waals surface area (Å²) < 4.78 is 37.0. The van der Waals surface area contributed by atoms with Crippen molar-refractivity contribution < 1.29 is 23.4 Å². The van der Waals surface area contributed by atoms with Crippen molar-refractivity contribution in [2.75, 3.05) is 6.54 Å². The van der Waals surface area contributed by atoms with Crippen LogP contribution < -0.4 is 5.73 Å². The van der Waals surface area contributed by atoms with Gasteiger partial charge in [-0.25, -0.2) is 0 Å². The molecule has 3 nitrogen and oxygen atoms in total. The lowest BCUT2D eigenvalue weighted by atomic mass is 10.0. The summed E-state index contributed by atoms with van der Waals surface area (Å²) in [5.41, 5.74) is 3.70. The number of rotatable bonds is 2. The summed E-state index contributed by atoms with van der Waals surface area (Å²) in [5.74, 6) is -0.969. The number of aliphatic hydroxyl groups excluding tert-OH is 1. The first-order chi connectivity index (χ1) is 6.88. The van der Waals surface area contributed by atoms with Gasteiger partial charge >= 0.3 is 6.18 Å². The molecule has 0 spiro atoms. The molecule has 1 rings (SSSR count). The number of phenols is 1. The second-order valence-electron chi connectivity index (χ2n) is 2.99. The zero-order valence-corrected chi connectivity index (χ0v) is 7.62.